The lowest BCUT2D eigenvalue weighted by molar-refractivity contribution is -0.384. The van der Waals surface area contributed by atoms with Crippen molar-refractivity contribution in [3.63, 3.8) is 0 Å². The third kappa shape index (κ3) is 3.47. The van der Waals surface area contributed by atoms with Crippen molar-refractivity contribution in [2.75, 3.05) is 13.1 Å². The van der Waals surface area contributed by atoms with Crippen LogP contribution in [-0.2, 0) is 4.79 Å². The Balaban J connectivity index is 1.79. The number of rotatable bonds is 4. The molecule has 1 unspecified atom stereocenters. The molecule has 1 aliphatic heterocycles. The van der Waals surface area contributed by atoms with Gasteiger partial charge in [0.1, 0.15) is 0 Å². The predicted molar refractivity (Wildman–Crippen MR) is 84.3 cm³/mol. The van der Waals surface area contributed by atoms with E-state index in [2.05, 4.69) is 10.3 Å². The lowest BCUT2D eigenvalue weighted by Gasteiger charge is -2.29. The van der Waals surface area contributed by atoms with Gasteiger partial charge in [-0.15, -0.1) is 5.10 Å². The molecule has 130 valence electrons. The summed E-state index contributed by atoms with van der Waals surface area (Å²) in [5.74, 6) is -1.90. The molecule has 2 heterocycles. The van der Waals surface area contributed by atoms with Crippen LogP contribution in [0.15, 0.2) is 30.5 Å². The Morgan fingerprint density at radius 2 is 2.16 bits per heavy atom. The summed E-state index contributed by atoms with van der Waals surface area (Å²) in [7, 11) is 0. The molecule has 10 heteroatoms. The Morgan fingerprint density at radius 3 is 2.88 bits per heavy atom. The van der Waals surface area contributed by atoms with Crippen LogP contribution in [0.3, 0.4) is 0 Å². The first-order valence-corrected chi connectivity index (χ1v) is 7.65. The van der Waals surface area contributed by atoms with Crippen LogP contribution in [-0.4, -0.2) is 54.9 Å². The summed E-state index contributed by atoms with van der Waals surface area (Å²) < 4.78 is 1.28. The zero-order valence-electron chi connectivity index (χ0n) is 13.1. The number of carboxylic acid groups (broad SMARTS) is 1. The molecule has 1 amide bonds. The molecule has 1 fully saturated rings. The number of nitrogens with zero attached hydrogens (tertiary/aromatic N) is 5. The summed E-state index contributed by atoms with van der Waals surface area (Å²) in [5.41, 5.74) is 0.376. The van der Waals surface area contributed by atoms with Gasteiger partial charge in [0, 0.05) is 25.2 Å². The van der Waals surface area contributed by atoms with Crippen molar-refractivity contribution in [2.45, 2.75) is 12.8 Å². The molecule has 1 aliphatic rings. The maximum atomic E-state index is 12.5. The summed E-state index contributed by atoms with van der Waals surface area (Å²) in [4.78, 5) is 35.4. The van der Waals surface area contributed by atoms with Crippen molar-refractivity contribution >= 4 is 17.6 Å². The van der Waals surface area contributed by atoms with Crippen molar-refractivity contribution < 1.29 is 19.6 Å². The topological polar surface area (TPSA) is 131 Å². The van der Waals surface area contributed by atoms with Crippen LogP contribution in [0, 0.1) is 16.0 Å². The number of amides is 1. The van der Waals surface area contributed by atoms with Crippen LogP contribution in [0.1, 0.15) is 23.3 Å². The number of carbonyl (C=O) groups is 2. The molecular formula is C15H15N5O5. The lowest BCUT2D eigenvalue weighted by atomic mass is 9.98. The number of aliphatic carboxylic acids is 1. The van der Waals surface area contributed by atoms with Crippen molar-refractivity contribution in [1.29, 1.82) is 0 Å². The minimum Gasteiger partial charge on any atom is -0.481 e. The number of piperidine rings is 1. The third-order valence-electron chi connectivity index (χ3n) is 4.08. The second-order valence-corrected chi connectivity index (χ2v) is 5.75. The van der Waals surface area contributed by atoms with Crippen LogP contribution >= 0.6 is 0 Å². The molecule has 0 radical (unpaired) electrons. The molecule has 0 aliphatic carbocycles. The maximum absolute atomic E-state index is 12.5. The summed E-state index contributed by atoms with van der Waals surface area (Å²) in [6, 6.07) is 5.80. The molecular weight excluding hydrogens is 330 g/mol. The zero-order valence-corrected chi connectivity index (χ0v) is 13.1. The largest absolute Gasteiger partial charge is 0.481 e. The number of non-ortho nitro benzene ring substituents is 1. The molecule has 1 aromatic carbocycles. The molecule has 1 atom stereocenters. The Labute approximate surface area is 141 Å². The van der Waals surface area contributed by atoms with Crippen molar-refractivity contribution in [1.82, 2.24) is 19.9 Å². The molecule has 0 spiro atoms. The zero-order chi connectivity index (χ0) is 18.0. The fraction of sp³-hybridized carbons (Fsp3) is 0.333. The fourth-order valence-electron chi connectivity index (χ4n) is 2.76. The number of nitro benzene ring substituents is 1. The summed E-state index contributed by atoms with van der Waals surface area (Å²) in [5, 5.41) is 27.6. The van der Waals surface area contributed by atoms with Gasteiger partial charge in [-0.1, -0.05) is 11.3 Å². The fourth-order valence-corrected chi connectivity index (χ4v) is 2.76. The molecule has 25 heavy (non-hydrogen) atoms. The van der Waals surface area contributed by atoms with Gasteiger partial charge in [-0.3, -0.25) is 19.7 Å². The van der Waals surface area contributed by atoms with E-state index in [1.165, 1.54) is 34.0 Å². The van der Waals surface area contributed by atoms with Gasteiger partial charge in [0.25, 0.3) is 11.6 Å². The lowest BCUT2D eigenvalue weighted by Crippen LogP contribution is -2.42. The van der Waals surface area contributed by atoms with E-state index in [1.54, 1.807) is 6.07 Å². The highest BCUT2D eigenvalue weighted by Gasteiger charge is 2.29. The monoisotopic (exact) mass is 345 g/mol. The molecule has 0 bridgehead atoms. The normalized spacial score (nSPS) is 17.3. The minimum atomic E-state index is -0.919. The number of carboxylic acids is 1. The maximum Gasteiger partial charge on any atom is 0.308 e. The molecule has 10 nitrogen and oxygen atoms in total. The molecule has 1 saturated heterocycles. The Kier molecular flexibility index (Phi) is 4.42. The third-order valence-corrected chi connectivity index (χ3v) is 4.08. The average Bonchev–Trinajstić information content (AvgIpc) is 3.11. The quantitative estimate of drug-likeness (QED) is 0.648. The van der Waals surface area contributed by atoms with Crippen LogP contribution in [0.2, 0.25) is 0 Å². The molecule has 3 rings (SSSR count). The van der Waals surface area contributed by atoms with Crippen molar-refractivity contribution in [3.05, 3.63) is 46.3 Å². The van der Waals surface area contributed by atoms with E-state index >= 15 is 0 Å². The predicted octanol–water partition coefficient (Wildman–Crippen LogP) is 1.11. The number of hydrogen-bond donors (Lipinski definition) is 1. The van der Waals surface area contributed by atoms with Gasteiger partial charge in [0.15, 0.2) is 5.69 Å². The van der Waals surface area contributed by atoms with Gasteiger partial charge in [-0.05, 0) is 18.9 Å². The Hall–Kier alpha value is -3.30. The van der Waals surface area contributed by atoms with E-state index in [0.29, 0.717) is 25.1 Å². The second-order valence-electron chi connectivity index (χ2n) is 5.75. The Morgan fingerprint density at radius 1 is 1.36 bits per heavy atom. The highest BCUT2D eigenvalue weighted by Crippen LogP contribution is 2.19. The SMILES string of the molecule is O=C(O)C1CCCN(C(=O)c2cn(-c3cccc([N+](=O)[O-])c3)nn2)C1. The second kappa shape index (κ2) is 6.67. The summed E-state index contributed by atoms with van der Waals surface area (Å²) in [6.07, 6.45) is 2.53. The number of benzene rings is 1. The average molecular weight is 345 g/mol. The molecule has 1 N–H and O–H groups in total. The number of nitro groups is 1. The van der Waals surface area contributed by atoms with Gasteiger partial charge in [-0.2, -0.15) is 0 Å². The Bertz CT molecular complexity index is 833. The number of hydrogen-bond acceptors (Lipinski definition) is 6. The van der Waals surface area contributed by atoms with E-state index in [4.69, 9.17) is 5.11 Å². The van der Waals surface area contributed by atoms with E-state index < -0.39 is 22.7 Å². The van der Waals surface area contributed by atoms with E-state index in [1.807, 2.05) is 0 Å². The van der Waals surface area contributed by atoms with Gasteiger partial charge in [0.05, 0.1) is 22.7 Å². The highest BCUT2D eigenvalue weighted by molar-refractivity contribution is 5.92. The molecule has 1 aromatic heterocycles. The standard InChI is InChI=1S/C15H15N5O5/c21-14(18-6-2-3-10(8-18)15(22)23)13-9-19(17-16-13)11-4-1-5-12(7-11)20(24)25/h1,4-5,7,9-10H,2-3,6,8H2,(H,22,23). The van der Waals surface area contributed by atoms with Crippen molar-refractivity contribution in [3.8, 4) is 5.69 Å². The van der Waals surface area contributed by atoms with E-state index in [-0.39, 0.29) is 17.9 Å². The smallest absolute Gasteiger partial charge is 0.308 e. The molecule has 0 saturated carbocycles. The van der Waals surface area contributed by atoms with Crippen molar-refractivity contribution in [2.24, 2.45) is 5.92 Å². The summed E-state index contributed by atoms with van der Waals surface area (Å²) >= 11 is 0. The van der Waals surface area contributed by atoms with Gasteiger partial charge < -0.3 is 10.0 Å². The number of aromatic nitrogens is 3. The first kappa shape index (κ1) is 16.6. The number of likely N-dealkylation sites (tertiary alicyclic amines) is 1. The van der Waals surface area contributed by atoms with E-state index in [9.17, 15) is 19.7 Å². The van der Waals surface area contributed by atoms with E-state index in [0.717, 1.165) is 0 Å². The first-order chi connectivity index (χ1) is 12.0. The number of carbonyl (C=O) groups excluding carboxylic acids is 1. The molecule has 2 aromatic rings. The van der Waals surface area contributed by atoms with Crippen LogP contribution in [0.25, 0.3) is 5.69 Å². The van der Waals surface area contributed by atoms with Gasteiger partial charge in [-0.25, -0.2) is 4.68 Å². The van der Waals surface area contributed by atoms with Crippen LogP contribution < -0.4 is 0 Å². The van der Waals surface area contributed by atoms with Crippen LogP contribution in [0.5, 0.6) is 0 Å². The van der Waals surface area contributed by atoms with Crippen LogP contribution in [0.4, 0.5) is 5.69 Å². The van der Waals surface area contributed by atoms with Gasteiger partial charge in [0.2, 0.25) is 0 Å². The minimum absolute atomic E-state index is 0.0672. The summed E-state index contributed by atoms with van der Waals surface area (Å²) in [6.45, 7) is 0.601. The van der Waals surface area contributed by atoms with Gasteiger partial charge >= 0.3 is 5.97 Å². The highest BCUT2D eigenvalue weighted by atomic mass is 16.6. The first-order valence-electron chi connectivity index (χ1n) is 7.65.